The van der Waals surface area contributed by atoms with E-state index < -0.39 is 16.1 Å². The van der Waals surface area contributed by atoms with Crippen LogP contribution in [0.4, 0.5) is 0 Å². The van der Waals surface area contributed by atoms with E-state index in [0.717, 1.165) is 44.5 Å². The summed E-state index contributed by atoms with van der Waals surface area (Å²) in [4.78, 5) is 15.0. The fraction of sp³-hybridized carbons (Fsp3) is 0.611. The van der Waals surface area contributed by atoms with Crippen molar-refractivity contribution in [1.29, 1.82) is 0 Å². The van der Waals surface area contributed by atoms with Crippen LogP contribution in [0.15, 0.2) is 35.2 Å². The van der Waals surface area contributed by atoms with Gasteiger partial charge in [-0.3, -0.25) is 4.79 Å². The number of likely N-dealkylation sites (tertiary alicyclic amines) is 1. The predicted molar refractivity (Wildman–Crippen MR) is 103 cm³/mol. The highest BCUT2D eigenvalue weighted by Crippen LogP contribution is 2.15. The molecule has 1 amide bonds. The van der Waals surface area contributed by atoms with Gasteiger partial charge in [0, 0.05) is 13.1 Å². The van der Waals surface area contributed by atoms with E-state index in [9.17, 15) is 13.2 Å². The lowest BCUT2D eigenvalue weighted by molar-refractivity contribution is -0.133. The average Bonchev–Trinajstić information content (AvgIpc) is 2.58. The summed E-state index contributed by atoms with van der Waals surface area (Å²) in [5.74, 6) is 0.650. The largest absolute Gasteiger partial charge is 0.341 e. The molecule has 1 unspecified atom stereocenters. The van der Waals surface area contributed by atoms with Gasteiger partial charge in [-0.15, -0.1) is 0 Å². The third-order valence-electron chi connectivity index (χ3n) is 4.43. The number of nitrogens with zero attached hydrogens (tertiary/aromatic N) is 1. The molecule has 0 saturated carbocycles. The molecule has 7 heteroatoms. The second-order valence-corrected chi connectivity index (χ2v) is 9.06. The summed E-state index contributed by atoms with van der Waals surface area (Å²) in [6, 6.07) is 7.55. The number of thioether (sulfide) groups is 1. The minimum absolute atomic E-state index is 0.0875. The fourth-order valence-electron chi connectivity index (χ4n) is 3.01. The molecule has 1 atom stereocenters. The van der Waals surface area contributed by atoms with Crippen molar-refractivity contribution in [2.75, 3.05) is 25.1 Å². The molecule has 5 nitrogen and oxygen atoms in total. The van der Waals surface area contributed by atoms with Gasteiger partial charge in [0.25, 0.3) is 0 Å². The number of carbonyl (C=O) groups is 1. The summed E-state index contributed by atoms with van der Waals surface area (Å²) >= 11 is 1.62. The van der Waals surface area contributed by atoms with Crippen molar-refractivity contribution < 1.29 is 13.2 Å². The Balaban J connectivity index is 2.12. The fourth-order valence-corrected chi connectivity index (χ4v) is 4.73. The van der Waals surface area contributed by atoms with Gasteiger partial charge < -0.3 is 4.90 Å². The quantitative estimate of drug-likeness (QED) is 0.785. The lowest BCUT2D eigenvalue weighted by atomic mass is 10.1. The third kappa shape index (κ3) is 6.31. The van der Waals surface area contributed by atoms with E-state index in [1.807, 2.05) is 11.2 Å². The molecule has 0 aromatic heterocycles. The van der Waals surface area contributed by atoms with E-state index in [4.69, 9.17) is 0 Å². The zero-order valence-electron chi connectivity index (χ0n) is 14.8. The van der Waals surface area contributed by atoms with Gasteiger partial charge in [-0.1, -0.05) is 37.5 Å². The van der Waals surface area contributed by atoms with Crippen molar-refractivity contribution >= 4 is 27.7 Å². The highest BCUT2D eigenvalue weighted by Gasteiger charge is 2.29. The number of nitrogens with one attached hydrogen (secondary N) is 1. The summed E-state index contributed by atoms with van der Waals surface area (Å²) in [6.07, 6.45) is 7.94. The number of rotatable bonds is 7. The molecule has 1 N–H and O–H groups in total. The third-order valence-corrected chi connectivity index (χ3v) is 6.56. The first-order chi connectivity index (χ1) is 12.0. The molecule has 1 heterocycles. The summed E-state index contributed by atoms with van der Waals surface area (Å²) in [7, 11) is -3.70. The zero-order chi connectivity index (χ0) is 18.1. The van der Waals surface area contributed by atoms with Crippen LogP contribution in [-0.4, -0.2) is 50.4 Å². The van der Waals surface area contributed by atoms with Gasteiger partial charge in [-0.25, -0.2) is 8.42 Å². The smallest absolute Gasteiger partial charge is 0.241 e. The number of carbonyl (C=O) groups excluding carboxylic acids is 1. The molecular formula is C18H28N2O3S2. The second-order valence-electron chi connectivity index (χ2n) is 6.36. The molecule has 2 rings (SSSR count). The van der Waals surface area contributed by atoms with Crippen molar-refractivity contribution in [2.45, 2.75) is 49.5 Å². The Morgan fingerprint density at radius 3 is 2.32 bits per heavy atom. The Morgan fingerprint density at radius 2 is 1.72 bits per heavy atom. The van der Waals surface area contributed by atoms with Crippen molar-refractivity contribution in [3.05, 3.63) is 30.3 Å². The van der Waals surface area contributed by atoms with Crippen molar-refractivity contribution in [3.8, 4) is 0 Å². The van der Waals surface area contributed by atoms with Crippen LogP contribution >= 0.6 is 11.8 Å². The maximum absolute atomic E-state index is 13.0. The lowest BCUT2D eigenvalue weighted by Crippen LogP contribution is -2.49. The molecule has 1 fully saturated rings. The van der Waals surface area contributed by atoms with E-state index >= 15 is 0 Å². The molecule has 1 aliphatic rings. The first kappa shape index (κ1) is 20.3. The normalized spacial score (nSPS) is 17.6. The summed E-state index contributed by atoms with van der Waals surface area (Å²) in [5.41, 5.74) is 0. The predicted octanol–water partition coefficient (Wildman–Crippen LogP) is 2.88. The van der Waals surface area contributed by atoms with Crippen molar-refractivity contribution in [2.24, 2.45) is 0 Å². The van der Waals surface area contributed by atoms with Crippen LogP contribution in [0.1, 0.15) is 38.5 Å². The van der Waals surface area contributed by atoms with Crippen LogP contribution in [0.5, 0.6) is 0 Å². The number of benzene rings is 1. The van der Waals surface area contributed by atoms with Crippen LogP contribution in [0.2, 0.25) is 0 Å². The number of hydrogen-bond acceptors (Lipinski definition) is 4. The van der Waals surface area contributed by atoms with E-state index in [1.54, 1.807) is 42.1 Å². The van der Waals surface area contributed by atoms with Crippen LogP contribution in [0, 0.1) is 0 Å². The summed E-state index contributed by atoms with van der Waals surface area (Å²) < 4.78 is 27.9. The molecule has 1 aliphatic heterocycles. The molecule has 1 aromatic rings. The Bertz CT molecular complexity index is 627. The van der Waals surface area contributed by atoms with Gasteiger partial charge in [0.15, 0.2) is 0 Å². The summed E-state index contributed by atoms with van der Waals surface area (Å²) in [5, 5.41) is 0. The maximum Gasteiger partial charge on any atom is 0.241 e. The van der Waals surface area contributed by atoms with Gasteiger partial charge in [0.1, 0.15) is 6.04 Å². The topological polar surface area (TPSA) is 66.5 Å². The molecule has 1 aromatic carbocycles. The van der Waals surface area contributed by atoms with Crippen LogP contribution in [0.25, 0.3) is 0 Å². The molecule has 0 spiro atoms. The Morgan fingerprint density at radius 1 is 1.12 bits per heavy atom. The van der Waals surface area contributed by atoms with Gasteiger partial charge in [0.2, 0.25) is 15.9 Å². The average molecular weight is 385 g/mol. The SMILES string of the molecule is CSCCC(NS(=O)(=O)c1ccccc1)C(=O)N1CCCCCCC1. The van der Waals surface area contributed by atoms with Crippen molar-refractivity contribution in [1.82, 2.24) is 9.62 Å². The number of hydrogen-bond donors (Lipinski definition) is 1. The van der Waals surface area contributed by atoms with Crippen LogP contribution < -0.4 is 4.72 Å². The molecule has 140 valence electrons. The second kappa shape index (κ2) is 10.2. The molecule has 0 radical (unpaired) electrons. The van der Waals surface area contributed by atoms with Gasteiger partial charge in [-0.05, 0) is 43.4 Å². The lowest BCUT2D eigenvalue weighted by Gasteiger charge is -2.29. The summed E-state index contributed by atoms with van der Waals surface area (Å²) in [6.45, 7) is 1.45. The molecular weight excluding hydrogens is 356 g/mol. The Labute approximate surface area is 155 Å². The van der Waals surface area contributed by atoms with E-state index in [2.05, 4.69) is 4.72 Å². The molecule has 0 bridgehead atoms. The minimum Gasteiger partial charge on any atom is -0.341 e. The van der Waals surface area contributed by atoms with E-state index in [-0.39, 0.29) is 10.8 Å². The maximum atomic E-state index is 13.0. The van der Waals surface area contributed by atoms with Crippen molar-refractivity contribution in [3.63, 3.8) is 0 Å². The molecule has 0 aliphatic carbocycles. The molecule has 25 heavy (non-hydrogen) atoms. The highest BCUT2D eigenvalue weighted by molar-refractivity contribution is 7.98. The first-order valence-electron chi connectivity index (χ1n) is 8.89. The first-order valence-corrected chi connectivity index (χ1v) is 11.8. The standard InChI is InChI=1S/C18H28N2O3S2/c1-24-15-12-17(18(21)20-13-8-3-2-4-9-14-20)19-25(22,23)16-10-6-5-7-11-16/h5-7,10-11,17,19H,2-4,8-9,12-15H2,1H3. The zero-order valence-corrected chi connectivity index (χ0v) is 16.4. The van der Waals surface area contributed by atoms with Gasteiger partial charge in [-0.2, -0.15) is 16.5 Å². The van der Waals surface area contributed by atoms with Crippen LogP contribution in [0.3, 0.4) is 0 Å². The number of amides is 1. The Hall–Kier alpha value is -1.05. The van der Waals surface area contributed by atoms with Gasteiger partial charge >= 0.3 is 0 Å². The highest BCUT2D eigenvalue weighted by atomic mass is 32.2. The minimum atomic E-state index is -3.70. The molecule has 1 saturated heterocycles. The monoisotopic (exact) mass is 384 g/mol. The van der Waals surface area contributed by atoms with Crippen LogP contribution in [-0.2, 0) is 14.8 Å². The number of sulfonamides is 1. The van der Waals surface area contributed by atoms with Gasteiger partial charge in [0.05, 0.1) is 4.90 Å². The Kier molecular flexibility index (Phi) is 8.26. The van der Waals surface area contributed by atoms with E-state index in [1.165, 1.54) is 6.42 Å². The van der Waals surface area contributed by atoms with E-state index in [0.29, 0.717) is 6.42 Å².